The van der Waals surface area contributed by atoms with E-state index in [2.05, 4.69) is 29.4 Å². The first-order chi connectivity index (χ1) is 10.8. The van der Waals surface area contributed by atoms with Crippen LogP contribution >= 0.6 is 11.8 Å². The molecular weight excluding hydrogens is 312 g/mol. The number of thioether (sulfide) groups is 1. The Kier molecular flexibility index (Phi) is 6.08. The predicted molar refractivity (Wildman–Crippen MR) is 91.2 cm³/mol. The number of carbonyl (C=O) groups is 1. The summed E-state index contributed by atoms with van der Waals surface area (Å²) in [6.07, 6.45) is 1.54. The quantitative estimate of drug-likeness (QED) is 0.805. The molecule has 2 heterocycles. The number of hydrogen-bond donors (Lipinski definition) is 1. The molecule has 1 saturated heterocycles. The van der Waals surface area contributed by atoms with E-state index in [9.17, 15) is 4.79 Å². The number of nitrogens with zero attached hydrogens (tertiary/aromatic N) is 3. The van der Waals surface area contributed by atoms with Gasteiger partial charge in [0.25, 0.3) is 0 Å². The summed E-state index contributed by atoms with van der Waals surface area (Å²) >= 11 is 1.70. The van der Waals surface area contributed by atoms with Crippen LogP contribution in [0.2, 0.25) is 0 Å². The van der Waals surface area contributed by atoms with E-state index in [1.807, 2.05) is 25.5 Å². The maximum absolute atomic E-state index is 12.4. The second kappa shape index (κ2) is 7.66. The smallest absolute Gasteiger partial charge is 0.223 e. The van der Waals surface area contributed by atoms with E-state index in [4.69, 9.17) is 4.74 Å². The Morgan fingerprint density at radius 2 is 2.22 bits per heavy atom. The molecule has 130 valence electrons. The molecule has 0 saturated carbocycles. The lowest BCUT2D eigenvalue weighted by Crippen LogP contribution is -2.41. The topological polar surface area (TPSA) is 69.0 Å². The fourth-order valence-electron chi connectivity index (χ4n) is 2.63. The van der Waals surface area contributed by atoms with E-state index in [0.717, 1.165) is 29.6 Å². The van der Waals surface area contributed by atoms with E-state index < -0.39 is 0 Å². The van der Waals surface area contributed by atoms with Gasteiger partial charge in [0.1, 0.15) is 0 Å². The van der Waals surface area contributed by atoms with E-state index in [-0.39, 0.29) is 17.4 Å². The van der Waals surface area contributed by atoms with Gasteiger partial charge in [-0.1, -0.05) is 25.6 Å². The molecule has 1 amide bonds. The van der Waals surface area contributed by atoms with Gasteiger partial charge >= 0.3 is 0 Å². The maximum Gasteiger partial charge on any atom is 0.223 e. The molecule has 7 heteroatoms. The van der Waals surface area contributed by atoms with Gasteiger partial charge in [-0.15, -0.1) is 10.2 Å². The lowest BCUT2D eigenvalue weighted by molar-refractivity contribution is -0.135. The number of carbonyl (C=O) groups excluding carboxylic acids is 1. The number of amides is 1. The van der Waals surface area contributed by atoms with Crippen LogP contribution < -0.4 is 5.32 Å². The van der Waals surface area contributed by atoms with Crippen molar-refractivity contribution in [1.82, 2.24) is 20.1 Å². The van der Waals surface area contributed by atoms with Crippen LogP contribution in [-0.4, -0.2) is 38.6 Å². The summed E-state index contributed by atoms with van der Waals surface area (Å²) in [5.74, 6) is 2.50. The maximum atomic E-state index is 12.4. The molecule has 2 rings (SSSR count). The monoisotopic (exact) mass is 340 g/mol. The molecule has 1 aliphatic heterocycles. The molecule has 1 aromatic heterocycles. The third-order valence-corrected chi connectivity index (χ3v) is 5.41. The predicted octanol–water partition coefficient (Wildman–Crippen LogP) is 2.38. The molecule has 0 spiro atoms. The Balaban J connectivity index is 1.87. The van der Waals surface area contributed by atoms with Crippen molar-refractivity contribution in [2.45, 2.75) is 57.8 Å². The van der Waals surface area contributed by atoms with Gasteiger partial charge in [-0.05, 0) is 32.6 Å². The minimum Gasteiger partial charge on any atom is -0.376 e. The number of aromatic nitrogens is 3. The minimum absolute atomic E-state index is 0.0155. The van der Waals surface area contributed by atoms with Crippen LogP contribution in [0.4, 0.5) is 0 Å². The first kappa shape index (κ1) is 18.3. The summed E-state index contributed by atoms with van der Waals surface area (Å²) < 4.78 is 7.63. The molecular formula is C16H28N4O2S. The van der Waals surface area contributed by atoms with Crippen LogP contribution in [-0.2, 0) is 23.1 Å². The van der Waals surface area contributed by atoms with Crippen molar-refractivity contribution < 1.29 is 9.53 Å². The van der Waals surface area contributed by atoms with Crippen molar-refractivity contribution in [3.05, 3.63) is 5.82 Å². The third kappa shape index (κ3) is 5.21. The van der Waals surface area contributed by atoms with Crippen molar-refractivity contribution >= 4 is 17.7 Å². The van der Waals surface area contributed by atoms with Gasteiger partial charge in [0.05, 0.1) is 12.1 Å². The van der Waals surface area contributed by atoms with Crippen molar-refractivity contribution in [1.29, 1.82) is 0 Å². The molecule has 23 heavy (non-hydrogen) atoms. The largest absolute Gasteiger partial charge is 0.376 e. The molecule has 0 aromatic carbocycles. The van der Waals surface area contributed by atoms with E-state index >= 15 is 0 Å². The zero-order valence-electron chi connectivity index (χ0n) is 14.8. The molecule has 0 bridgehead atoms. The summed E-state index contributed by atoms with van der Waals surface area (Å²) in [7, 11) is 1.95. The Hall–Kier alpha value is -1.08. The highest BCUT2D eigenvalue weighted by atomic mass is 32.2. The Bertz CT molecular complexity index is 542. The van der Waals surface area contributed by atoms with Crippen LogP contribution in [0.3, 0.4) is 0 Å². The van der Waals surface area contributed by atoms with Crippen molar-refractivity contribution in [3.8, 4) is 0 Å². The molecule has 1 unspecified atom stereocenters. The summed E-state index contributed by atoms with van der Waals surface area (Å²) in [4.78, 5) is 12.4. The van der Waals surface area contributed by atoms with Gasteiger partial charge in [-0.2, -0.15) is 0 Å². The van der Waals surface area contributed by atoms with Crippen LogP contribution in [0.15, 0.2) is 5.16 Å². The Morgan fingerprint density at radius 1 is 1.48 bits per heavy atom. The molecule has 0 radical (unpaired) electrons. The van der Waals surface area contributed by atoms with E-state index in [0.29, 0.717) is 19.1 Å². The highest BCUT2D eigenvalue weighted by Gasteiger charge is 2.32. The molecule has 1 N–H and O–H groups in total. The fraction of sp³-hybridized carbons (Fsp3) is 0.812. The van der Waals surface area contributed by atoms with Crippen molar-refractivity contribution in [2.75, 3.05) is 12.4 Å². The number of rotatable bonds is 6. The first-order valence-electron chi connectivity index (χ1n) is 8.21. The fourth-order valence-corrected chi connectivity index (χ4v) is 3.51. The molecule has 1 atom stereocenters. The third-order valence-electron chi connectivity index (χ3n) is 3.96. The summed E-state index contributed by atoms with van der Waals surface area (Å²) in [6.45, 7) is 9.49. The lowest BCUT2D eigenvalue weighted by Gasteiger charge is -2.34. The van der Waals surface area contributed by atoms with Crippen LogP contribution in [0, 0.1) is 11.8 Å². The zero-order chi connectivity index (χ0) is 17.0. The minimum atomic E-state index is -0.217. The van der Waals surface area contributed by atoms with Gasteiger partial charge in [0.15, 0.2) is 11.0 Å². The average molecular weight is 340 g/mol. The van der Waals surface area contributed by atoms with Crippen LogP contribution in [0.25, 0.3) is 0 Å². The first-order valence-corrected chi connectivity index (χ1v) is 9.20. The number of hydrogen-bond acceptors (Lipinski definition) is 5. The second-order valence-electron chi connectivity index (χ2n) is 7.18. The highest BCUT2D eigenvalue weighted by molar-refractivity contribution is 7.99. The van der Waals surface area contributed by atoms with Gasteiger partial charge in [0, 0.05) is 25.3 Å². The summed E-state index contributed by atoms with van der Waals surface area (Å²) in [5, 5.41) is 12.3. The SMILES string of the molecule is CC(C)CSc1nnc(CNC(=O)C2CCOC(C)(C)C2)n1C. The number of ether oxygens (including phenoxy) is 1. The van der Waals surface area contributed by atoms with Crippen LogP contribution in [0.5, 0.6) is 0 Å². The van der Waals surface area contributed by atoms with Gasteiger partial charge < -0.3 is 14.6 Å². The number of nitrogens with one attached hydrogen (secondary N) is 1. The molecule has 1 aliphatic rings. The van der Waals surface area contributed by atoms with Crippen molar-refractivity contribution in [2.24, 2.45) is 18.9 Å². The molecule has 1 aromatic rings. The van der Waals surface area contributed by atoms with E-state index in [1.165, 1.54) is 0 Å². The summed E-state index contributed by atoms with van der Waals surface area (Å²) in [6, 6.07) is 0. The second-order valence-corrected chi connectivity index (χ2v) is 8.17. The average Bonchev–Trinajstić information content (AvgIpc) is 2.82. The molecule has 0 aliphatic carbocycles. The lowest BCUT2D eigenvalue weighted by atomic mass is 9.88. The Labute approximate surface area is 142 Å². The Morgan fingerprint density at radius 3 is 2.87 bits per heavy atom. The zero-order valence-corrected chi connectivity index (χ0v) is 15.6. The van der Waals surface area contributed by atoms with Crippen molar-refractivity contribution in [3.63, 3.8) is 0 Å². The molecule has 1 fully saturated rings. The highest BCUT2D eigenvalue weighted by Crippen LogP contribution is 2.28. The standard InChI is InChI=1S/C16H28N4O2S/c1-11(2)10-23-15-19-18-13(20(15)5)9-17-14(21)12-6-7-22-16(3,4)8-12/h11-12H,6-10H2,1-5H3,(H,17,21). The molecule has 6 nitrogen and oxygen atoms in total. The van der Waals surface area contributed by atoms with Gasteiger partial charge in [0.2, 0.25) is 5.91 Å². The van der Waals surface area contributed by atoms with Crippen LogP contribution in [0.1, 0.15) is 46.4 Å². The van der Waals surface area contributed by atoms with E-state index in [1.54, 1.807) is 11.8 Å². The van der Waals surface area contributed by atoms with Gasteiger partial charge in [-0.3, -0.25) is 4.79 Å². The summed E-state index contributed by atoms with van der Waals surface area (Å²) in [5.41, 5.74) is -0.217. The van der Waals surface area contributed by atoms with Gasteiger partial charge in [-0.25, -0.2) is 0 Å². The normalized spacial score (nSPS) is 20.7.